The minimum absolute atomic E-state index is 0.0401. The fourth-order valence-electron chi connectivity index (χ4n) is 1.74. The Morgan fingerprint density at radius 1 is 1.00 bits per heavy atom. The van der Waals surface area contributed by atoms with Gasteiger partial charge in [-0.15, -0.1) is 0 Å². The smallest absolute Gasteiger partial charge is 0.325 e. The van der Waals surface area contributed by atoms with E-state index in [1.165, 1.54) is 6.07 Å². The van der Waals surface area contributed by atoms with Crippen LogP contribution in [0.15, 0.2) is 30.3 Å². The van der Waals surface area contributed by atoms with Crippen LogP contribution in [-0.2, 0) is 18.9 Å². The van der Waals surface area contributed by atoms with Crippen LogP contribution < -0.4 is 5.73 Å². The number of aromatic nitrogens is 2. The standard InChI is InChI=1S/C12H9F6N3/c13-11(14,15)7-2-1-3-8(4-7)21-9(6-19)5-10(20-21)12(16,17)18/h1-5H,6,19H2. The first-order valence-electron chi connectivity index (χ1n) is 5.67. The van der Waals surface area contributed by atoms with Crippen LogP contribution in [0.25, 0.3) is 5.69 Å². The number of halogens is 6. The van der Waals surface area contributed by atoms with Crippen molar-refractivity contribution in [3.05, 3.63) is 47.3 Å². The third-order valence-corrected chi connectivity index (χ3v) is 2.70. The summed E-state index contributed by atoms with van der Waals surface area (Å²) in [5.41, 5.74) is 2.95. The van der Waals surface area contributed by atoms with Crippen LogP contribution in [0, 0.1) is 0 Å². The highest BCUT2D eigenvalue weighted by Crippen LogP contribution is 2.32. The van der Waals surface area contributed by atoms with Crippen LogP contribution in [0.2, 0.25) is 0 Å². The van der Waals surface area contributed by atoms with Crippen LogP contribution in [0.1, 0.15) is 17.0 Å². The number of nitrogens with two attached hydrogens (primary N) is 1. The van der Waals surface area contributed by atoms with Crippen LogP contribution in [0.5, 0.6) is 0 Å². The summed E-state index contributed by atoms with van der Waals surface area (Å²) in [6, 6.07) is 4.56. The quantitative estimate of drug-likeness (QED) is 0.864. The van der Waals surface area contributed by atoms with Gasteiger partial charge in [-0.1, -0.05) is 6.07 Å². The molecule has 1 heterocycles. The van der Waals surface area contributed by atoms with E-state index in [1.807, 2.05) is 0 Å². The van der Waals surface area contributed by atoms with Gasteiger partial charge in [0.1, 0.15) is 0 Å². The van der Waals surface area contributed by atoms with Crippen molar-refractivity contribution in [2.24, 2.45) is 5.73 Å². The topological polar surface area (TPSA) is 43.8 Å². The molecule has 21 heavy (non-hydrogen) atoms. The van der Waals surface area contributed by atoms with Gasteiger partial charge in [0.25, 0.3) is 0 Å². The van der Waals surface area contributed by atoms with E-state index in [0.29, 0.717) is 12.1 Å². The molecule has 0 fully saturated rings. The maximum absolute atomic E-state index is 12.6. The Balaban J connectivity index is 2.54. The monoisotopic (exact) mass is 309 g/mol. The van der Waals surface area contributed by atoms with Crippen molar-refractivity contribution < 1.29 is 26.3 Å². The molecule has 0 aliphatic heterocycles. The highest BCUT2D eigenvalue weighted by atomic mass is 19.4. The Kier molecular flexibility index (Phi) is 3.70. The van der Waals surface area contributed by atoms with E-state index < -0.39 is 23.6 Å². The second-order valence-electron chi connectivity index (χ2n) is 4.18. The van der Waals surface area contributed by atoms with E-state index >= 15 is 0 Å². The maximum atomic E-state index is 12.6. The Labute approximate surface area is 115 Å². The van der Waals surface area contributed by atoms with E-state index in [4.69, 9.17) is 5.73 Å². The summed E-state index contributed by atoms with van der Waals surface area (Å²) >= 11 is 0. The average Bonchev–Trinajstić information content (AvgIpc) is 2.82. The Bertz CT molecular complexity index is 641. The summed E-state index contributed by atoms with van der Waals surface area (Å²) in [7, 11) is 0. The first kappa shape index (κ1) is 15.4. The molecular formula is C12H9F6N3. The van der Waals surface area contributed by atoms with Gasteiger partial charge < -0.3 is 5.73 Å². The van der Waals surface area contributed by atoms with Crippen LogP contribution in [0.4, 0.5) is 26.3 Å². The van der Waals surface area contributed by atoms with Gasteiger partial charge in [0, 0.05) is 6.54 Å². The lowest BCUT2D eigenvalue weighted by Crippen LogP contribution is -2.10. The maximum Gasteiger partial charge on any atom is 0.435 e. The van der Waals surface area contributed by atoms with E-state index in [0.717, 1.165) is 16.8 Å². The van der Waals surface area contributed by atoms with Gasteiger partial charge >= 0.3 is 12.4 Å². The van der Waals surface area contributed by atoms with Crippen molar-refractivity contribution >= 4 is 0 Å². The van der Waals surface area contributed by atoms with Crippen LogP contribution in [0.3, 0.4) is 0 Å². The number of hydrogen-bond donors (Lipinski definition) is 1. The molecule has 0 saturated heterocycles. The molecule has 0 aliphatic carbocycles. The molecule has 3 nitrogen and oxygen atoms in total. The van der Waals surface area contributed by atoms with Crippen molar-refractivity contribution in [2.75, 3.05) is 0 Å². The molecule has 0 amide bonds. The molecule has 0 bridgehead atoms. The molecule has 2 N–H and O–H groups in total. The van der Waals surface area contributed by atoms with Crippen LogP contribution >= 0.6 is 0 Å². The van der Waals surface area contributed by atoms with Crippen molar-refractivity contribution in [3.63, 3.8) is 0 Å². The summed E-state index contributed by atoms with van der Waals surface area (Å²) in [5.74, 6) is 0. The number of hydrogen-bond acceptors (Lipinski definition) is 2. The Morgan fingerprint density at radius 3 is 2.19 bits per heavy atom. The fourth-order valence-corrected chi connectivity index (χ4v) is 1.74. The zero-order valence-electron chi connectivity index (χ0n) is 10.3. The normalized spacial score (nSPS) is 12.7. The molecule has 0 aliphatic rings. The second kappa shape index (κ2) is 5.06. The molecule has 0 atom stereocenters. The number of nitrogens with zero attached hydrogens (tertiary/aromatic N) is 2. The summed E-state index contributed by atoms with van der Waals surface area (Å²) in [4.78, 5) is 0. The van der Waals surface area contributed by atoms with E-state index in [2.05, 4.69) is 5.10 Å². The molecule has 2 aromatic rings. The minimum atomic E-state index is -4.70. The molecule has 1 aromatic heterocycles. The molecule has 1 aromatic carbocycles. The molecule has 2 rings (SSSR count). The molecule has 0 unspecified atom stereocenters. The van der Waals surface area contributed by atoms with Crippen molar-refractivity contribution in [1.29, 1.82) is 0 Å². The lowest BCUT2D eigenvalue weighted by Gasteiger charge is -2.10. The first-order chi connectivity index (χ1) is 9.63. The third-order valence-electron chi connectivity index (χ3n) is 2.70. The number of benzene rings is 1. The molecular weight excluding hydrogens is 300 g/mol. The minimum Gasteiger partial charge on any atom is -0.325 e. The van der Waals surface area contributed by atoms with E-state index in [1.54, 1.807) is 0 Å². The van der Waals surface area contributed by atoms with Gasteiger partial charge in [-0.2, -0.15) is 31.4 Å². The highest BCUT2D eigenvalue weighted by Gasteiger charge is 2.35. The zero-order chi connectivity index (χ0) is 15.8. The largest absolute Gasteiger partial charge is 0.435 e. The second-order valence-corrected chi connectivity index (χ2v) is 4.18. The lowest BCUT2D eigenvalue weighted by atomic mass is 10.2. The molecule has 9 heteroatoms. The van der Waals surface area contributed by atoms with E-state index in [-0.39, 0.29) is 17.9 Å². The van der Waals surface area contributed by atoms with Gasteiger partial charge in [0.05, 0.1) is 16.9 Å². The van der Waals surface area contributed by atoms with Gasteiger partial charge in [-0.3, -0.25) is 0 Å². The average molecular weight is 309 g/mol. The van der Waals surface area contributed by atoms with Gasteiger partial charge in [-0.25, -0.2) is 4.68 Å². The van der Waals surface area contributed by atoms with Crippen molar-refractivity contribution in [1.82, 2.24) is 9.78 Å². The summed E-state index contributed by atoms with van der Waals surface area (Å²) in [6.45, 7) is -0.292. The predicted octanol–water partition coefficient (Wildman–Crippen LogP) is 3.37. The number of alkyl halides is 6. The highest BCUT2D eigenvalue weighted by molar-refractivity contribution is 5.38. The van der Waals surface area contributed by atoms with Crippen molar-refractivity contribution in [3.8, 4) is 5.69 Å². The van der Waals surface area contributed by atoms with Gasteiger partial charge in [-0.05, 0) is 24.3 Å². The zero-order valence-corrected chi connectivity index (χ0v) is 10.3. The molecule has 114 valence electrons. The van der Waals surface area contributed by atoms with Crippen LogP contribution in [-0.4, -0.2) is 9.78 Å². The molecule has 0 radical (unpaired) electrons. The molecule has 0 saturated carbocycles. The predicted molar refractivity (Wildman–Crippen MR) is 61.5 cm³/mol. The van der Waals surface area contributed by atoms with Gasteiger partial charge in [0.15, 0.2) is 5.69 Å². The molecule has 0 spiro atoms. The lowest BCUT2D eigenvalue weighted by molar-refractivity contribution is -0.141. The number of rotatable bonds is 2. The first-order valence-corrected chi connectivity index (χ1v) is 5.67. The Morgan fingerprint density at radius 2 is 1.67 bits per heavy atom. The van der Waals surface area contributed by atoms with Gasteiger partial charge in [0.2, 0.25) is 0 Å². The Hall–Kier alpha value is -2.03. The van der Waals surface area contributed by atoms with Crippen molar-refractivity contribution in [2.45, 2.75) is 18.9 Å². The fraction of sp³-hybridized carbons (Fsp3) is 0.250. The van der Waals surface area contributed by atoms with E-state index in [9.17, 15) is 26.3 Å². The summed E-state index contributed by atoms with van der Waals surface area (Å²) < 4.78 is 76.5. The summed E-state index contributed by atoms with van der Waals surface area (Å²) in [5, 5.41) is 3.29. The summed E-state index contributed by atoms with van der Waals surface area (Å²) in [6.07, 6.45) is -9.30. The third kappa shape index (κ3) is 3.18. The SMILES string of the molecule is NCc1cc(C(F)(F)F)nn1-c1cccc(C(F)(F)F)c1.